The number of morpholine rings is 1. The van der Waals surface area contributed by atoms with E-state index in [1.54, 1.807) is 11.8 Å². The van der Waals surface area contributed by atoms with Crippen LogP contribution in [0.1, 0.15) is 16.7 Å². The Morgan fingerprint density at radius 3 is 2.78 bits per heavy atom. The number of aryl methyl sites for hydroxylation is 1. The number of hydrogen-bond acceptors (Lipinski definition) is 3. The molecule has 27 heavy (non-hydrogen) atoms. The van der Waals surface area contributed by atoms with Gasteiger partial charge in [0.15, 0.2) is 0 Å². The van der Waals surface area contributed by atoms with Gasteiger partial charge in [0.1, 0.15) is 11.6 Å². The van der Waals surface area contributed by atoms with Gasteiger partial charge in [0.05, 0.1) is 32.3 Å². The molecule has 2 aromatic rings. The van der Waals surface area contributed by atoms with Crippen molar-refractivity contribution < 1.29 is 23.0 Å². The molecule has 0 aliphatic carbocycles. The van der Waals surface area contributed by atoms with Gasteiger partial charge in [-0.05, 0) is 24.1 Å². The molecule has 144 valence electrons. The maximum atomic E-state index is 14.1. The van der Waals surface area contributed by atoms with Gasteiger partial charge in [0, 0.05) is 18.7 Å². The number of benzene rings is 2. The first-order valence-corrected chi connectivity index (χ1v) is 8.99. The van der Waals surface area contributed by atoms with Crippen LogP contribution < -0.4 is 0 Å². The number of nitrogens with zero attached hydrogens (tertiary/aromatic N) is 1. The fourth-order valence-corrected chi connectivity index (χ4v) is 3.07. The summed E-state index contributed by atoms with van der Waals surface area (Å²) in [5.74, 6) is -1.66. The molecular weight excluding hydrogens is 352 g/mol. The molecular formula is C21H23F2NO3. The molecule has 6 heteroatoms. The summed E-state index contributed by atoms with van der Waals surface area (Å²) in [4.78, 5) is 14.1. The van der Waals surface area contributed by atoms with Crippen LogP contribution in [-0.2, 0) is 27.3 Å². The largest absolute Gasteiger partial charge is 0.374 e. The lowest BCUT2D eigenvalue weighted by Gasteiger charge is -2.33. The molecule has 1 amide bonds. The minimum atomic E-state index is -0.692. The summed E-state index contributed by atoms with van der Waals surface area (Å²) in [7, 11) is 0. The molecule has 1 heterocycles. The van der Waals surface area contributed by atoms with Crippen LogP contribution in [0.5, 0.6) is 0 Å². The van der Waals surface area contributed by atoms with E-state index >= 15 is 0 Å². The van der Waals surface area contributed by atoms with Crippen molar-refractivity contribution in [2.75, 3.05) is 26.3 Å². The lowest BCUT2D eigenvalue weighted by Crippen LogP contribution is -2.47. The summed E-state index contributed by atoms with van der Waals surface area (Å²) < 4.78 is 39.4. The second-order valence-electron chi connectivity index (χ2n) is 6.67. The molecule has 1 aliphatic heterocycles. The molecule has 0 bridgehead atoms. The summed E-state index contributed by atoms with van der Waals surface area (Å²) in [6, 6.07) is 12.3. The summed E-state index contributed by atoms with van der Waals surface area (Å²) >= 11 is 0. The number of hydrogen-bond donors (Lipinski definition) is 0. The molecule has 1 saturated heterocycles. The third-order valence-corrected chi connectivity index (χ3v) is 4.61. The van der Waals surface area contributed by atoms with E-state index in [1.807, 2.05) is 30.3 Å². The number of halogens is 2. The van der Waals surface area contributed by atoms with Crippen LogP contribution in [0.4, 0.5) is 8.78 Å². The van der Waals surface area contributed by atoms with Crippen LogP contribution >= 0.6 is 0 Å². The first-order valence-electron chi connectivity index (χ1n) is 8.99. The van der Waals surface area contributed by atoms with Crippen LogP contribution in [0.2, 0.25) is 0 Å². The van der Waals surface area contributed by atoms with Crippen molar-refractivity contribution in [2.45, 2.75) is 26.1 Å². The predicted octanol–water partition coefficient (Wildman–Crippen LogP) is 3.26. The van der Waals surface area contributed by atoms with Crippen LogP contribution in [0.3, 0.4) is 0 Å². The van der Waals surface area contributed by atoms with E-state index < -0.39 is 11.6 Å². The van der Waals surface area contributed by atoms with E-state index in [2.05, 4.69) is 0 Å². The third-order valence-electron chi connectivity index (χ3n) is 4.61. The number of carbonyl (C=O) groups excluding carboxylic acids is 1. The van der Waals surface area contributed by atoms with Crippen molar-refractivity contribution >= 4 is 5.91 Å². The van der Waals surface area contributed by atoms with Crippen LogP contribution in [0.25, 0.3) is 0 Å². The first-order chi connectivity index (χ1) is 13.0. The van der Waals surface area contributed by atoms with Crippen molar-refractivity contribution in [2.24, 2.45) is 0 Å². The van der Waals surface area contributed by atoms with Crippen LogP contribution in [0, 0.1) is 18.6 Å². The quantitative estimate of drug-likeness (QED) is 0.778. The second-order valence-corrected chi connectivity index (χ2v) is 6.67. The van der Waals surface area contributed by atoms with Gasteiger partial charge < -0.3 is 14.4 Å². The van der Waals surface area contributed by atoms with Gasteiger partial charge in [-0.15, -0.1) is 0 Å². The number of rotatable bonds is 6. The van der Waals surface area contributed by atoms with E-state index in [9.17, 15) is 13.6 Å². The number of amides is 1. The summed E-state index contributed by atoms with van der Waals surface area (Å²) in [5, 5.41) is 0. The fourth-order valence-electron chi connectivity index (χ4n) is 3.07. The molecule has 0 radical (unpaired) electrons. The van der Waals surface area contributed by atoms with Crippen LogP contribution in [-0.4, -0.2) is 43.2 Å². The molecule has 1 fully saturated rings. The van der Waals surface area contributed by atoms with E-state index in [-0.39, 0.29) is 24.0 Å². The highest BCUT2D eigenvalue weighted by Gasteiger charge is 2.26. The van der Waals surface area contributed by atoms with Crippen molar-refractivity contribution in [1.29, 1.82) is 0 Å². The topological polar surface area (TPSA) is 38.8 Å². The zero-order chi connectivity index (χ0) is 19.2. The molecule has 1 unspecified atom stereocenters. The van der Waals surface area contributed by atoms with Gasteiger partial charge in [0.2, 0.25) is 5.91 Å². The molecule has 0 N–H and O–H groups in total. The third kappa shape index (κ3) is 5.11. The lowest BCUT2D eigenvalue weighted by molar-refractivity contribution is -0.141. The highest BCUT2D eigenvalue weighted by atomic mass is 19.1. The Labute approximate surface area is 157 Å². The molecule has 3 rings (SSSR count). The Hall–Kier alpha value is -2.31. The smallest absolute Gasteiger partial charge is 0.227 e. The molecule has 1 aliphatic rings. The lowest BCUT2D eigenvalue weighted by atomic mass is 10.1. The molecule has 0 spiro atoms. The van der Waals surface area contributed by atoms with Gasteiger partial charge in [-0.1, -0.05) is 36.4 Å². The van der Waals surface area contributed by atoms with Crippen molar-refractivity contribution in [3.05, 3.63) is 70.8 Å². The molecule has 0 saturated carbocycles. The summed E-state index contributed by atoms with van der Waals surface area (Å²) in [6.07, 6.45) is -0.546. The minimum Gasteiger partial charge on any atom is -0.374 e. The fraction of sp³-hybridized carbons (Fsp3) is 0.381. The SMILES string of the molecule is Cc1ccc(F)c(CC(=O)N2CCOC(COCc3ccccc3)C2)c1F. The molecule has 2 aromatic carbocycles. The predicted molar refractivity (Wildman–Crippen MR) is 97.2 cm³/mol. The van der Waals surface area contributed by atoms with E-state index in [0.717, 1.165) is 5.56 Å². The Balaban J connectivity index is 1.53. The van der Waals surface area contributed by atoms with Gasteiger partial charge in [-0.25, -0.2) is 8.78 Å². The number of carbonyl (C=O) groups is 1. The maximum Gasteiger partial charge on any atom is 0.227 e. The average molecular weight is 375 g/mol. The highest BCUT2D eigenvalue weighted by Crippen LogP contribution is 2.18. The van der Waals surface area contributed by atoms with E-state index in [0.29, 0.717) is 38.5 Å². The zero-order valence-electron chi connectivity index (χ0n) is 15.3. The number of ether oxygens (including phenoxy) is 2. The minimum absolute atomic E-state index is 0.177. The van der Waals surface area contributed by atoms with Gasteiger partial charge in [0.25, 0.3) is 0 Å². The molecule has 1 atom stereocenters. The summed E-state index contributed by atoms with van der Waals surface area (Å²) in [6.45, 7) is 3.51. The normalized spacial score (nSPS) is 17.1. The Bertz CT molecular complexity index is 782. The maximum absolute atomic E-state index is 14.1. The zero-order valence-corrected chi connectivity index (χ0v) is 15.3. The Kier molecular flexibility index (Phi) is 6.53. The van der Waals surface area contributed by atoms with Gasteiger partial charge in [-0.3, -0.25) is 4.79 Å². The first kappa shape index (κ1) is 19.5. The van der Waals surface area contributed by atoms with Crippen molar-refractivity contribution in [1.82, 2.24) is 4.90 Å². The van der Waals surface area contributed by atoms with E-state index in [4.69, 9.17) is 9.47 Å². The monoisotopic (exact) mass is 375 g/mol. The Morgan fingerprint density at radius 1 is 1.22 bits per heavy atom. The standard InChI is InChI=1S/C21H23F2NO3/c1-15-7-8-19(22)18(21(15)23)11-20(25)24-9-10-27-17(12-24)14-26-13-16-5-3-2-4-6-16/h2-8,17H,9-14H2,1H3. The van der Waals surface area contributed by atoms with Gasteiger partial charge in [-0.2, -0.15) is 0 Å². The average Bonchev–Trinajstić information content (AvgIpc) is 2.69. The molecule has 4 nitrogen and oxygen atoms in total. The van der Waals surface area contributed by atoms with E-state index in [1.165, 1.54) is 12.1 Å². The van der Waals surface area contributed by atoms with Crippen molar-refractivity contribution in [3.63, 3.8) is 0 Å². The van der Waals surface area contributed by atoms with Crippen LogP contribution in [0.15, 0.2) is 42.5 Å². The summed E-state index contributed by atoms with van der Waals surface area (Å²) in [5.41, 5.74) is 1.21. The van der Waals surface area contributed by atoms with Crippen molar-refractivity contribution in [3.8, 4) is 0 Å². The van der Waals surface area contributed by atoms with Gasteiger partial charge >= 0.3 is 0 Å². The highest BCUT2D eigenvalue weighted by molar-refractivity contribution is 5.79. The molecule has 0 aromatic heterocycles. The Morgan fingerprint density at radius 2 is 2.00 bits per heavy atom. The second kappa shape index (κ2) is 9.06.